The van der Waals surface area contributed by atoms with Gasteiger partial charge in [0.05, 0.1) is 5.41 Å². The minimum absolute atomic E-state index is 0.224. The predicted octanol–water partition coefficient (Wildman–Crippen LogP) is 2.71. The van der Waals surface area contributed by atoms with Crippen LogP contribution < -0.4 is 0 Å². The molecule has 4 nitrogen and oxygen atoms in total. The molecule has 0 spiro atoms. The standard InChI is InChI=1S/C16H19F2NO3/c1-2-9-19(10-13(20)21)15(22)16(7-4-8-16)14-11(17)5-3-6-12(14)18/h3,5-6H,2,4,7-10H2,1H3,(H,20,21). The molecule has 1 saturated carbocycles. The summed E-state index contributed by atoms with van der Waals surface area (Å²) in [6.45, 7) is 1.62. The van der Waals surface area contributed by atoms with Crippen LogP contribution in [0.1, 0.15) is 38.2 Å². The highest BCUT2D eigenvalue weighted by atomic mass is 19.1. The molecule has 1 aromatic rings. The van der Waals surface area contributed by atoms with Crippen molar-refractivity contribution in [1.29, 1.82) is 0 Å². The average molecular weight is 311 g/mol. The van der Waals surface area contributed by atoms with E-state index in [1.807, 2.05) is 6.92 Å². The molecule has 0 aromatic heterocycles. The zero-order valence-corrected chi connectivity index (χ0v) is 12.4. The van der Waals surface area contributed by atoms with Crippen molar-refractivity contribution < 1.29 is 23.5 Å². The van der Waals surface area contributed by atoms with Crippen LogP contribution in [0.25, 0.3) is 0 Å². The van der Waals surface area contributed by atoms with Crippen LogP contribution in [-0.2, 0) is 15.0 Å². The normalized spacial score (nSPS) is 16.0. The number of carboxylic acid groups (broad SMARTS) is 1. The molecule has 1 aromatic carbocycles. The van der Waals surface area contributed by atoms with Gasteiger partial charge in [-0.15, -0.1) is 0 Å². The fraction of sp³-hybridized carbons (Fsp3) is 0.500. The van der Waals surface area contributed by atoms with Gasteiger partial charge in [-0.2, -0.15) is 0 Å². The summed E-state index contributed by atoms with van der Waals surface area (Å²) in [5, 5.41) is 8.95. The highest BCUT2D eigenvalue weighted by Crippen LogP contribution is 2.47. The number of hydrogen-bond donors (Lipinski definition) is 1. The van der Waals surface area contributed by atoms with Gasteiger partial charge in [0.15, 0.2) is 0 Å². The molecule has 1 aliphatic carbocycles. The molecule has 1 aliphatic rings. The van der Waals surface area contributed by atoms with Crippen LogP contribution in [0.15, 0.2) is 18.2 Å². The number of carbonyl (C=O) groups is 2. The monoisotopic (exact) mass is 311 g/mol. The van der Waals surface area contributed by atoms with Crippen LogP contribution in [0.2, 0.25) is 0 Å². The lowest BCUT2D eigenvalue weighted by Gasteiger charge is -2.43. The molecule has 2 rings (SSSR count). The van der Waals surface area contributed by atoms with Crippen LogP contribution in [0.3, 0.4) is 0 Å². The quantitative estimate of drug-likeness (QED) is 0.879. The summed E-state index contributed by atoms with van der Waals surface area (Å²) >= 11 is 0. The molecule has 120 valence electrons. The van der Waals surface area contributed by atoms with Crippen molar-refractivity contribution in [2.75, 3.05) is 13.1 Å². The Bertz CT molecular complexity index is 565. The van der Waals surface area contributed by atoms with Gasteiger partial charge in [0, 0.05) is 12.1 Å². The minimum Gasteiger partial charge on any atom is -0.480 e. The van der Waals surface area contributed by atoms with Crippen molar-refractivity contribution in [1.82, 2.24) is 4.90 Å². The van der Waals surface area contributed by atoms with E-state index < -0.39 is 35.5 Å². The van der Waals surface area contributed by atoms with Crippen molar-refractivity contribution in [3.8, 4) is 0 Å². The van der Waals surface area contributed by atoms with E-state index in [2.05, 4.69) is 0 Å². The van der Waals surface area contributed by atoms with Crippen molar-refractivity contribution in [3.63, 3.8) is 0 Å². The minimum atomic E-state index is -1.26. The lowest BCUT2D eigenvalue weighted by molar-refractivity contribution is -0.149. The molecule has 0 aliphatic heterocycles. The Labute approximate surface area is 127 Å². The first-order valence-electron chi connectivity index (χ1n) is 7.38. The summed E-state index contributed by atoms with van der Waals surface area (Å²) in [5.74, 6) is -3.13. The van der Waals surface area contributed by atoms with E-state index in [1.165, 1.54) is 11.0 Å². The number of rotatable bonds is 6. The Balaban J connectivity index is 2.40. The summed E-state index contributed by atoms with van der Waals surface area (Å²) in [5.41, 5.74) is -1.49. The zero-order valence-electron chi connectivity index (χ0n) is 12.4. The van der Waals surface area contributed by atoms with E-state index in [0.717, 1.165) is 12.1 Å². The van der Waals surface area contributed by atoms with Gasteiger partial charge in [0.2, 0.25) is 5.91 Å². The number of halogens is 2. The molecule has 6 heteroatoms. The molecule has 1 N–H and O–H groups in total. The van der Waals surface area contributed by atoms with Gasteiger partial charge in [-0.1, -0.05) is 19.4 Å². The molecule has 0 unspecified atom stereocenters. The third-order valence-corrected chi connectivity index (χ3v) is 4.16. The Kier molecular flexibility index (Phi) is 4.78. The highest BCUT2D eigenvalue weighted by Gasteiger charge is 2.50. The Hall–Kier alpha value is -1.98. The molecular weight excluding hydrogens is 292 g/mol. The van der Waals surface area contributed by atoms with Gasteiger partial charge < -0.3 is 10.0 Å². The summed E-state index contributed by atoms with van der Waals surface area (Å²) < 4.78 is 28.2. The smallest absolute Gasteiger partial charge is 0.323 e. The van der Waals surface area contributed by atoms with Crippen LogP contribution in [-0.4, -0.2) is 35.0 Å². The third kappa shape index (κ3) is 2.82. The highest BCUT2D eigenvalue weighted by molar-refractivity contribution is 5.91. The maximum absolute atomic E-state index is 14.1. The Morgan fingerprint density at radius 1 is 1.27 bits per heavy atom. The molecule has 0 radical (unpaired) electrons. The topological polar surface area (TPSA) is 57.6 Å². The first-order valence-corrected chi connectivity index (χ1v) is 7.38. The number of amides is 1. The number of hydrogen-bond acceptors (Lipinski definition) is 2. The first-order chi connectivity index (χ1) is 10.4. The predicted molar refractivity (Wildman–Crippen MR) is 76.4 cm³/mol. The molecular formula is C16H19F2NO3. The molecule has 0 heterocycles. The molecule has 22 heavy (non-hydrogen) atoms. The largest absolute Gasteiger partial charge is 0.480 e. The maximum atomic E-state index is 14.1. The Morgan fingerprint density at radius 3 is 2.27 bits per heavy atom. The van der Waals surface area contributed by atoms with Gasteiger partial charge >= 0.3 is 5.97 Å². The van der Waals surface area contributed by atoms with Gasteiger partial charge in [-0.25, -0.2) is 8.78 Å². The van der Waals surface area contributed by atoms with E-state index in [1.54, 1.807) is 0 Å². The summed E-state index contributed by atoms with van der Waals surface area (Å²) in [4.78, 5) is 24.9. The van der Waals surface area contributed by atoms with E-state index in [0.29, 0.717) is 25.7 Å². The second kappa shape index (κ2) is 6.42. The summed E-state index contributed by atoms with van der Waals surface area (Å²) in [7, 11) is 0. The maximum Gasteiger partial charge on any atom is 0.323 e. The summed E-state index contributed by atoms with van der Waals surface area (Å²) in [6.07, 6.45) is 1.94. The SMILES string of the molecule is CCCN(CC(=O)O)C(=O)C1(c2c(F)cccc2F)CCC1. The average Bonchev–Trinajstić information content (AvgIpc) is 2.39. The molecule has 0 bridgehead atoms. The number of aliphatic carboxylic acids is 1. The number of carbonyl (C=O) groups excluding carboxylic acids is 1. The van der Waals surface area contributed by atoms with Gasteiger partial charge in [0.1, 0.15) is 18.2 Å². The van der Waals surface area contributed by atoms with E-state index in [9.17, 15) is 18.4 Å². The second-order valence-electron chi connectivity index (χ2n) is 5.65. The first kappa shape index (κ1) is 16.4. The fourth-order valence-corrected chi connectivity index (χ4v) is 3.04. The van der Waals surface area contributed by atoms with Crippen molar-refractivity contribution in [2.45, 2.75) is 38.0 Å². The van der Waals surface area contributed by atoms with Crippen LogP contribution in [0.4, 0.5) is 8.78 Å². The van der Waals surface area contributed by atoms with Crippen LogP contribution >= 0.6 is 0 Å². The van der Waals surface area contributed by atoms with E-state index in [4.69, 9.17) is 5.11 Å². The number of benzene rings is 1. The zero-order chi connectivity index (χ0) is 16.3. The van der Waals surface area contributed by atoms with Gasteiger partial charge in [0.25, 0.3) is 0 Å². The fourth-order valence-electron chi connectivity index (χ4n) is 3.04. The van der Waals surface area contributed by atoms with Crippen molar-refractivity contribution in [3.05, 3.63) is 35.4 Å². The van der Waals surface area contributed by atoms with Crippen LogP contribution in [0.5, 0.6) is 0 Å². The number of carboxylic acids is 1. The van der Waals surface area contributed by atoms with Crippen molar-refractivity contribution in [2.24, 2.45) is 0 Å². The second-order valence-corrected chi connectivity index (χ2v) is 5.65. The van der Waals surface area contributed by atoms with Crippen molar-refractivity contribution >= 4 is 11.9 Å². The Morgan fingerprint density at radius 2 is 1.86 bits per heavy atom. The van der Waals surface area contributed by atoms with Gasteiger partial charge in [-0.05, 0) is 31.4 Å². The third-order valence-electron chi connectivity index (χ3n) is 4.16. The van der Waals surface area contributed by atoms with Gasteiger partial charge in [-0.3, -0.25) is 9.59 Å². The number of nitrogens with zero attached hydrogens (tertiary/aromatic N) is 1. The molecule has 1 amide bonds. The molecule has 0 atom stereocenters. The molecule has 1 fully saturated rings. The summed E-state index contributed by atoms with van der Waals surface area (Å²) in [6, 6.07) is 3.52. The lowest BCUT2D eigenvalue weighted by Crippen LogP contribution is -2.53. The van der Waals surface area contributed by atoms with Crippen LogP contribution in [0, 0.1) is 11.6 Å². The van der Waals surface area contributed by atoms with E-state index >= 15 is 0 Å². The van der Waals surface area contributed by atoms with E-state index in [-0.39, 0.29) is 12.1 Å². The molecule has 0 saturated heterocycles. The lowest BCUT2D eigenvalue weighted by atomic mass is 9.63.